The minimum Gasteiger partial charge on any atom is -0.493 e. The third kappa shape index (κ3) is 2.72. The topological polar surface area (TPSA) is 34.8 Å². The van der Waals surface area contributed by atoms with Gasteiger partial charge in [0.15, 0.2) is 0 Å². The van der Waals surface area contributed by atoms with E-state index < -0.39 is 0 Å². The fourth-order valence-corrected chi connectivity index (χ4v) is 4.12. The summed E-state index contributed by atoms with van der Waals surface area (Å²) in [5.74, 6) is 3.09. The van der Waals surface area contributed by atoms with Crippen molar-refractivity contribution >= 4 is 0 Å². The first-order valence-electron chi connectivity index (χ1n) is 8.36. The summed E-state index contributed by atoms with van der Waals surface area (Å²) in [6.45, 7) is 4.88. The Morgan fingerprint density at radius 3 is 2.92 bits per heavy atom. The van der Waals surface area contributed by atoms with Crippen LogP contribution in [0.25, 0.3) is 0 Å². The van der Waals surface area contributed by atoms with E-state index in [1.165, 1.54) is 6.07 Å². The zero-order chi connectivity index (χ0) is 16.7. The molecule has 0 N–H and O–H groups in total. The van der Waals surface area contributed by atoms with Gasteiger partial charge in [-0.25, -0.2) is 4.39 Å². The van der Waals surface area contributed by atoms with Gasteiger partial charge < -0.3 is 13.9 Å². The molecule has 0 spiro atoms. The van der Waals surface area contributed by atoms with E-state index in [4.69, 9.17) is 13.9 Å². The molecule has 3 atom stereocenters. The number of nitrogens with zero attached hydrogens (tertiary/aromatic N) is 1. The first-order chi connectivity index (χ1) is 11.7. The fraction of sp³-hybridized carbons (Fsp3) is 0.474. The molecule has 0 aliphatic carbocycles. The Balaban J connectivity index is 1.68. The van der Waals surface area contributed by atoms with E-state index in [2.05, 4.69) is 4.90 Å². The second kappa shape index (κ2) is 6.22. The van der Waals surface area contributed by atoms with Crippen molar-refractivity contribution in [3.05, 3.63) is 53.2 Å². The average Bonchev–Trinajstić information content (AvgIpc) is 3.12. The van der Waals surface area contributed by atoms with E-state index in [-0.39, 0.29) is 11.9 Å². The number of benzene rings is 1. The molecule has 1 fully saturated rings. The number of likely N-dealkylation sites (tertiary alicyclic amines) is 1. The minimum atomic E-state index is -0.220. The van der Waals surface area contributed by atoms with Gasteiger partial charge in [-0.05, 0) is 37.3 Å². The Morgan fingerprint density at radius 1 is 1.29 bits per heavy atom. The predicted octanol–water partition coefficient (Wildman–Crippen LogP) is 3.56. The smallest absolute Gasteiger partial charge is 0.124 e. The van der Waals surface area contributed by atoms with Crippen LogP contribution in [0.1, 0.15) is 23.1 Å². The van der Waals surface area contributed by atoms with Crippen molar-refractivity contribution in [2.75, 3.05) is 26.9 Å². The highest BCUT2D eigenvalue weighted by Gasteiger charge is 2.46. The van der Waals surface area contributed by atoms with Gasteiger partial charge in [0.2, 0.25) is 0 Å². The number of hydrogen-bond donors (Lipinski definition) is 0. The Labute approximate surface area is 141 Å². The largest absolute Gasteiger partial charge is 0.493 e. The highest BCUT2D eigenvalue weighted by atomic mass is 19.1. The van der Waals surface area contributed by atoms with Crippen molar-refractivity contribution in [1.29, 1.82) is 0 Å². The van der Waals surface area contributed by atoms with Gasteiger partial charge in [-0.2, -0.15) is 0 Å². The monoisotopic (exact) mass is 331 g/mol. The van der Waals surface area contributed by atoms with E-state index in [1.54, 1.807) is 19.2 Å². The zero-order valence-electron chi connectivity index (χ0n) is 14.0. The molecule has 4 rings (SSSR count). The van der Waals surface area contributed by atoms with Crippen molar-refractivity contribution < 1.29 is 18.3 Å². The normalized spacial score (nSPS) is 26.0. The number of aryl methyl sites for hydroxylation is 1. The van der Waals surface area contributed by atoms with Gasteiger partial charge in [0.25, 0.3) is 0 Å². The Hall–Kier alpha value is -1.85. The number of rotatable bonds is 4. The van der Waals surface area contributed by atoms with Crippen molar-refractivity contribution in [2.24, 2.45) is 11.8 Å². The number of furan rings is 1. The van der Waals surface area contributed by atoms with Gasteiger partial charge >= 0.3 is 0 Å². The van der Waals surface area contributed by atoms with Gasteiger partial charge in [-0.15, -0.1) is 0 Å². The molecule has 0 unspecified atom stereocenters. The summed E-state index contributed by atoms with van der Waals surface area (Å²) in [7, 11) is 1.73. The Kier molecular flexibility index (Phi) is 4.06. The van der Waals surface area contributed by atoms with Crippen LogP contribution in [0.15, 0.2) is 34.7 Å². The van der Waals surface area contributed by atoms with Crippen LogP contribution in [-0.4, -0.2) is 31.8 Å². The third-order valence-corrected chi connectivity index (χ3v) is 5.13. The SMILES string of the molecule is COC[C@@H]1CN(Cc2ccc(C)o2)[C@H]2c3cc(F)ccc3OC[C@@H]12. The van der Waals surface area contributed by atoms with Crippen LogP contribution in [0.2, 0.25) is 0 Å². The highest BCUT2D eigenvalue weighted by Crippen LogP contribution is 2.48. The van der Waals surface area contributed by atoms with Crippen LogP contribution in [-0.2, 0) is 11.3 Å². The molecule has 4 nitrogen and oxygen atoms in total. The van der Waals surface area contributed by atoms with Crippen LogP contribution in [0.3, 0.4) is 0 Å². The lowest BCUT2D eigenvalue weighted by molar-refractivity contribution is 0.0974. The van der Waals surface area contributed by atoms with Gasteiger partial charge in [0.1, 0.15) is 23.1 Å². The molecule has 0 amide bonds. The van der Waals surface area contributed by atoms with Crippen LogP contribution in [0.4, 0.5) is 4.39 Å². The maximum Gasteiger partial charge on any atom is 0.124 e. The zero-order valence-corrected chi connectivity index (χ0v) is 14.0. The predicted molar refractivity (Wildman–Crippen MR) is 87.3 cm³/mol. The molecular weight excluding hydrogens is 309 g/mol. The van der Waals surface area contributed by atoms with Gasteiger partial charge in [-0.3, -0.25) is 4.90 Å². The standard InChI is InChI=1S/C19H22FNO3/c1-12-3-5-15(24-12)9-21-8-13(10-22-2)17-11-23-18-6-4-14(20)7-16(18)19(17)21/h3-7,13,17,19H,8-11H2,1-2H3/t13-,17-,19-/m0/s1. The lowest BCUT2D eigenvalue weighted by Crippen LogP contribution is -2.32. The summed E-state index contributed by atoms with van der Waals surface area (Å²) in [4.78, 5) is 2.37. The molecule has 2 aliphatic rings. The molecule has 0 radical (unpaired) electrons. The number of ether oxygens (including phenoxy) is 2. The maximum atomic E-state index is 13.8. The van der Waals surface area contributed by atoms with Crippen LogP contribution < -0.4 is 4.74 Å². The van der Waals surface area contributed by atoms with Crippen LogP contribution in [0, 0.1) is 24.6 Å². The molecule has 1 saturated heterocycles. The maximum absolute atomic E-state index is 13.8. The second-order valence-electron chi connectivity index (χ2n) is 6.76. The number of halogens is 1. The first kappa shape index (κ1) is 15.7. The number of methoxy groups -OCH3 is 1. The molecule has 3 heterocycles. The fourth-order valence-electron chi connectivity index (χ4n) is 4.12. The van der Waals surface area contributed by atoms with Gasteiger partial charge in [0.05, 0.1) is 19.8 Å². The molecule has 5 heteroatoms. The van der Waals surface area contributed by atoms with E-state index in [9.17, 15) is 4.39 Å². The highest BCUT2D eigenvalue weighted by molar-refractivity contribution is 5.39. The molecule has 128 valence electrons. The Morgan fingerprint density at radius 2 is 2.17 bits per heavy atom. The summed E-state index contributed by atoms with van der Waals surface area (Å²) in [6.07, 6.45) is 0. The average molecular weight is 331 g/mol. The molecule has 24 heavy (non-hydrogen) atoms. The van der Waals surface area contributed by atoms with E-state index in [1.807, 2.05) is 19.1 Å². The summed E-state index contributed by atoms with van der Waals surface area (Å²) in [5.41, 5.74) is 0.938. The molecule has 1 aromatic carbocycles. The molecule has 1 aromatic heterocycles. The van der Waals surface area contributed by atoms with E-state index >= 15 is 0 Å². The summed E-state index contributed by atoms with van der Waals surface area (Å²) in [6, 6.07) is 8.94. The lowest BCUT2D eigenvalue weighted by atomic mass is 9.85. The van der Waals surface area contributed by atoms with Crippen molar-refractivity contribution in [3.63, 3.8) is 0 Å². The molecule has 2 aliphatic heterocycles. The minimum absolute atomic E-state index is 0.134. The molecule has 0 bridgehead atoms. The molecule has 2 aromatic rings. The van der Waals surface area contributed by atoms with Crippen LogP contribution >= 0.6 is 0 Å². The van der Waals surface area contributed by atoms with Gasteiger partial charge in [-0.1, -0.05) is 0 Å². The first-order valence-corrected chi connectivity index (χ1v) is 8.36. The van der Waals surface area contributed by atoms with E-state index in [0.29, 0.717) is 31.6 Å². The van der Waals surface area contributed by atoms with Crippen LogP contribution in [0.5, 0.6) is 5.75 Å². The third-order valence-electron chi connectivity index (χ3n) is 5.13. The quantitative estimate of drug-likeness (QED) is 0.858. The molecular formula is C19H22FNO3. The van der Waals surface area contributed by atoms with E-state index in [0.717, 1.165) is 29.4 Å². The Bertz CT molecular complexity index is 729. The van der Waals surface area contributed by atoms with Gasteiger partial charge in [0, 0.05) is 37.1 Å². The van der Waals surface area contributed by atoms with Crippen molar-refractivity contribution in [2.45, 2.75) is 19.5 Å². The van der Waals surface area contributed by atoms with Crippen molar-refractivity contribution in [3.8, 4) is 5.75 Å². The number of hydrogen-bond acceptors (Lipinski definition) is 4. The summed E-state index contributed by atoms with van der Waals surface area (Å²) in [5, 5.41) is 0. The van der Waals surface area contributed by atoms with Crippen molar-refractivity contribution in [1.82, 2.24) is 4.90 Å². The lowest BCUT2D eigenvalue weighted by Gasteiger charge is -2.34. The summed E-state index contributed by atoms with van der Waals surface area (Å²) < 4.78 is 30.9. The second-order valence-corrected chi connectivity index (χ2v) is 6.76. The molecule has 0 saturated carbocycles. The summed E-state index contributed by atoms with van der Waals surface area (Å²) >= 11 is 0. The number of fused-ring (bicyclic) bond motifs is 3.